The molecule has 1 aliphatic heterocycles. The molecule has 0 radical (unpaired) electrons. The minimum Gasteiger partial charge on any atom is -0.477 e. The molecule has 14 nitrogen and oxygen atoms in total. The van der Waals surface area contributed by atoms with Gasteiger partial charge < -0.3 is 30.4 Å². The molecule has 0 aliphatic carbocycles. The molecule has 3 amide bonds. The van der Waals surface area contributed by atoms with Crippen molar-refractivity contribution in [1.29, 1.82) is 0 Å². The predicted octanol–water partition coefficient (Wildman–Crippen LogP) is 2.02. The lowest BCUT2D eigenvalue weighted by Gasteiger charge is -2.28. The fraction of sp³-hybridized carbons (Fsp3) is 0.222. The Bertz CT molecular complexity index is 1720. The predicted molar refractivity (Wildman–Crippen MR) is 151 cm³/mol. The quantitative estimate of drug-likeness (QED) is 0.206. The van der Waals surface area contributed by atoms with Gasteiger partial charge >= 0.3 is 5.97 Å². The van der Waals surface area contributed by atoms with E-state index in [9.17, 15) is 28.7 Å². The summed E-state index contributed by atoms with van der Waals surface area (Å²) in [5.41, 5.74) is 0.960. The number of nitrogens with zero attached hydrogens (tertiary/aromatic N) is 5. The maximum Gasteiger partial charge on any atom is 0.352 e. The largest absolute Gasteiger partial charge is 0.477 e. The number of tetrazole rings is 1. The Morgan fingerprint density at radius 3 is 2.67 bits per heavy atom. The van der Waals surface area contributed by atoms with Gasteiger partial charge in [-0.3, -0.25) is 14.4 Å². The lowest BCUT2D eigenvalue weighted by Crippen LogP contribution is -2.48. The van der Waals surface area contributed by atoms with E-state index in [1.54, 1.807) is 18.2 Å². The minimum atomic E-state index is -1.31. The van der Waals surface area contributed by atoms with Gasteiger partial charge in [0.05, 0.1) is 30.3 Å². The van der Waals surface area contributed by atoms with Gasteiger partial charge in [-0.1, -0.05) is 11.6 Å². The highest BCUT2D eigenvalue weighted by atomic mass is 35.5. The third kappa shape index (κ3) is 6.85. The Balaban J connectivity index is 1.36. The maximum atomic E-state index is 14.9. The van der Waals surface area contributed by atoms with E-state index in [-0.39, 0.29) is 34.3 Å². The topological polar surface area (TPSA) is 184 Å². The van der Waals surface area contributed by atoms with Crippen LogP contribution in [0.1, 0.15) is 22.5 Å². The van der Waals surface area contributed by atoms with E-state index in [4.69, 9.17) is 16.3 Å². The number of aromatic nitrogens is 5. The first-order chi connectivity index (χ1) is 20.7. The monoisotopic (exact) mass is 610 g/mol. The van der Waals surface area contributed by atoms with Gasteiger partial charge in [0.15, 0.2) is 5.82 Å². The second kappa shape index (κ2) is 12.8. The molecule has 0 spiro atoms. The Morgan fingerprint density at radius 1 is 1.16 bits per heavy atom. The number of hydrogen-bond donors (Lipinski definition) is 4. The summed E-state index contributed by atoms with van der Waals surface area (Å²) < 4.78 is 21.4. The molecule has 1 saturated heterocycles. The molecule has 0 bridgehead atoms. The Morgan fingerprint density at radius 2 is 1.95 bits per heavy atom. The average molecular weight is 611 g/mol. The number of benzene rings is 2. The molecule has 2 aromatic carbocycles. The summed E-state index contributed by atoms with van der Waals surface area (Å²) in [6.45, 7) is 1.37. The summed E-state index contributed by atoms with van der Waals surface area (Å²) in [4.78, 5) is 54.9. The second-order valence-corrected chi connectivity index (χ2v) is 9.83. The summed E-state index contributed by atoms with van der Waals surface area (Å²) in [6.07, 6.45) is 3.04. The summed E-state index contributed by atoms with van der Waals surface area (Å²) in [6, 6.07) is 7.58. The van der Waals surface area contributed by atoms with Crippen LogP contribution >= 0.6 is 11.6 Å². The van der Waals surface area contributed by atoms with Crippen LogP contribution in [0.5, 0.6) is 0 Å². The van der Waals surface area contributed by atoms with Crippen LogP contribution in [0.3, 0.4) is 0 Å². The van der Waals surface area contributed by atoms with Crippen LogP contribution in [0, 0.1) is 5.82 Å². The zero-order valence-electron chi connectivity index (χ0n) is 22.3. The van der Waals surface area contributed by atoms with E-state index < -0.39 is 29.6 Å². The number of rotatable bonds is 9. The number of carbonyl (C=O) groups is 4. The molecule has 0 unspecified atom stereocenters. The molecule has 3 heterocycles. The number of anilines is 1. The minimum absolute atomic E-state index is 0.0223. The van der Waals surface area contributed by atoms with E-state index in [0.717, 1.165) is 12.2 Å². The number of fused-ring (bicyclic) bond motifs is 1. The molecular formula is C27H24ClFN8O6. The van der Waals surface area contributed by atoms with Crippen molar-refractivity contribution < 1.29 is 33.4 Å². The van der Waals surface area contributed by atoms with Crippen molar-refractivity contribution in [3.63, 3.8) is 0 Å². The number of aromatic carboxylic acids is 1. The number of ether oxygens (including phenoxy) is 1. The van der Waals surface area contributed by atoms with Crippen LogP contribution in [-0.2, 0) is 19.1 Å². The summed E-state index contributed by atoms with van der Waals surface area (Å²) in [5, 5.41) is 25.6. The molecule has 43 heavy (non-hydrogen) atoms. The highest BCUT2D eigenvalue weighted by molar-refractivity contribution is 6.31. The molecule has 16 heteroatoms. The number of H-pyrrole nitrogens is 1. The standard InChI is InChI=1S/C27H24ClFN8O6/c28-18-3-5-22(37-14-30-34-35-37)17(25(18)29)2-6-23(38)33-20(13-24(39)36-7-9-43-10-8-36)26(40)31-16-1-4-19-15(11-16)12-21(32-19)27(41)42/h1-6,11-12,14,20,32H,7-10,13H2,(H,31,40)(H,33,38)(H,41,42)/b6-2+/t20-/m0/s1. The van der Waals surface area contributed by atoms with E-state index in [2.05, 4.69) is 31.1 Å². The van der Waals surface area contributed by atoms with Gasteiger partial charge in [0.1, 0.15) is 18.1 Å². The number of carboxylic acid groups (broad SMARTS) is 1. The number of amides is 3. The van der Waals surface area contributed by atoms with Gasteiger partial charge in [-0.15, -0.1) is 5.10 Å². The number of halogens is 2. The molecule has 1 fully saturated rings. The molecule has 0 saturated carbocycles. The molecule has 4 N–H and O–H groups in total. The first kappa shape index (κ1) is 29.3. The van der Waals surface area contributed by atoms with Crippen molar-refractivity contribution in [2.24, 2.45) is 0 Å². The first-order valence-electron chi connectivity index (χ1n) is 12.9. The summed E-state index contributed by atoms with van der Waals surface area (Å²) >= 11 is 5.94. The average Bonchev–Trinajstić information content (AvgIpc) is 3.68. The van der Waals surface area contributed by atoms with Crippen molar-refractivity contribution in [1.82, 2.24) is 35.4 Å². The van der Waals surface area contributed by atoms with Crippen LogP contribution in [0.4, 0.5) is 10.1 Å². The van der Waals surface area contributed by atoms with Crippen molar-refractivity contribution in [3.8, 4) is 5.69 Å². The molecule has 5 rings (SSSR count). The first-order valence-corrected chi connectivity index (χ1v) is 13.3. The van der Waals surface area contributed by atoms with Crippen LogP contribution < -0.4 is 10.6 Å². The van der Waals surface area contributed by atoms with Crippen LogP contribution in [0.2, 0.25) is 5.02 Å². The van der Waals surface area contributed by atoms with Gasteiger partial charge in [-0.25, -0.2) is 9.18 Å². The lowest BCUT2D eigenvalue weighted by molar-refractivity contribution is -0.137. The number of nitrogens with one attached hydrogen (secondary N) is 3. The van der Waals surface area contributed by atoms with Crippen molar-refractivity contribution in [2.45, 2.75) is 12.5 Å². The highest BCUT2D eigenvalue weighted by Gasteiger charge is 2.27. The van der Waals surface area contributed by atoms with Gasteiger partial charge in [0.2, 0.25) is 17.7 Å². The highest BCUT2D eigenvalue weighted by Crippen LogP contribution is 2.25. The van der Waals surface area contributed by atoms with Crippen molar-refractivity contribution >= 4 is 58.0 Å². The van der Waals surface area contributed by atoms with Crippen molar-refractivity contribution in [3.05, 3.63) is 70.9 Å². The van der Waals surface area contributed by atoms with Crippen LogP contribution in [-0.4, -0.2) is 91.2 Å². The third-order valence-corrected chi connectivity index (χ3v) is 6.89. The molecule has 1 aliphatic rings. The van der Waals surface area contributed by atoms with Crippen LogP contribution in [0.25, 0.3) is 22.7 Å². The number of carboxylic acids is 1. The number of hydrogen-bond acceptors (Lipinski definition) is 8. The smallest absolute Gasteiger partial charge is 0.352 e. The molecule has 2 aromatic heterocycles. The van der Waals surface area contributed by atoms with Crippen molar-refractivity contribution in [2.75, 3.05) is 31.6 Å². The van der Waals surface area contributed by atoms with Gasteiger partial charge in [0.25, 0.3) is 0 Å². The van der Waals surface area contributed by atoms with E-state index in [0.29, 0.717) is 42.9 Å². The van der Waals surface area contributed by atoms with E-state index >= 15 is 0 Å². The van der Waals surface area contributed by atoms with Gasteiger partial charge in [0, 0.05) is 41.3 Å². The van der Waals surface area contributed by atoms with Crippen LogP contribution in [0.15, 0.2) is 48.8 Å². The van der Waals surface area contributed by atoms with E-state index in [1.165, 1.54) is 34.1 Å². The maximum absolute atomic E-state index is 14.9. The fourth-order valence-electron chi connectivity index (χ4n) is 4.45. The Hall–Kier alpha value is -5.15. The Labute approximate surface area is 247 Å². The zero-order chi connectivity index (χ0) is 30.5. The second-order valence-electron chi connectivity index (χ2n) is 9.42. The molecule has 4 aromatic rings. The zero-order valence-corrected chi connectivity index (χ0v) is 23.0. The summed E-state index contributed by atoms with van der Waals surface area (Å²) in [5.74, 6) is -3.81. The third-order valence-electron chi connectivity index (χ3n) is 6.60. The molecule has 222 valence electrons. The normalized spacial score (nSPS) is 14.1. The number of aromatic amines is 1. The Kier molecular flexibility index (Phi) is 8.73. The SMILES string of the molecule is O=C(/C=C/c1c(-n2cnnn2)ccc(Cl)c1F)N[C@@H](CC(=O)N1CCOCC1)C(=O)Nc1ccc2[nH]c(C(=O)O)cc2c1. The fourth-order valence-corrected chi connectivity index (χ4v) is 4.61. The number of carbonyl (C=O) groups excluding carboxylic acids is 3. The van der Waals surface area contributed by atoms with Gasteiger partial charge in [-0.05, 0) is 52.9 Å². The number of morpholine rings is 1. The summed E-state index contributed by atoms with van der Waals surface area (Å²) in [7, 11) is 0. The molecule has 1 atom stereocenters. The van der Waals surface area contributed by atoms with E-state index in [1.807, 2.05) is 0 Å². The van der Waals surface area contributed by atoms with Gasteiger partial charge in [-0.2, -0.15) is 4.68 Å². The lowest BCUT2D eigenvalue weighted by atomic mass is 10.1. The molecular weight excluding hydrogens is 587 g/mol.